The molecule has 116 valence electrons. The molecule has 21 heavy (non-hydrogen) atoms. The molecule has 4 nitrogen and oxygen atoms in total. The molecule has 0 aliphatic rings. The van der Waals surface area contributed by atoms with Gasteiger partial charge in [-0.15, -0.1) is 11.3 Å². The summed E-state index contributed by atoms with van der Waals surface area (Å²) in [5.74, 6) is 0.613. The van der Waals surface area contributed by atoms with E-state index < -0.39 is 0 Å². The first-order valence-corrected chi connectivity index (χ1v) is 9.25. The van der Waals surface area contributed by atoms with Crippen LogP contribution in [0.3, 0.4) is 0 Å². The number of hydrogen-bond acceptors (Lipinski definition) is 6. The summed E-state index contributed by atoms with van der Waals surface area (Å²) >= 11 is 3.16. The molecule has 0 fully saturated rings. The van der Waals surface area contributed by atoms with Gasteiger partial charge in [0.25, 0.3) is 0 Å². The molecule has 2 rings (SSSR count). The predicted octanol–water partition coefficient (Wildman–Crippen LogP) is 4.56. The molecular formula is C15H24N4S2. The summed E-state index contributed by atoms with van der Waals surface area (Å²) in [6, 6.07) is 0. The topological polar surface area (TPSA) is 55.0 Å². The highest BCUT2D eigenvalue weighted by molar-refractivity contribution is 7.15. The second-order valence-electron chi connectivity index (χ2n) is 5.24. The van der Waals surface area contributed by atoms with Crippen LogP contribution in [0.2, 0.25) is 0 Å². The Kier molecular flexibility index (Phi) is 5.99. The van der Waals surface area contributed by atoms with Gasteiger partial charge in [-0.2, -0.15) is 4.37 Å². The normalized spacial score (nSPS) is 11.0. The van der Waals surface area contributed by atoms with Crippen LogP contribution in [0.4, 0.5) is 10.8 Å². The zero-order chi connectivity index (χ0) is 15.2. The first-order chi connectivity index (χ1) is 10.2. The smallest absolute Gasteiger partial charge is 0.149 e. The molecule has 2 aromatic rings. The molecule has 2 aromatic heterocycles. The van der Waals surface area contributed by atoms with Crippen LogP contribution in [0, 0.1) is 6.92 Å². The van der Waals surface area contributed by atoms with Gasteiger partial charge in [-0.1, -0.05) is 26.7 Å². The fourth-order valence-electron chi connectivity index (χ4n) is 2.19. The van der Waals surface area contributed by atoms with Crippen molar-refractivity contribution in [1.82, 2.24) is 9.36 Å². The van der Waals surface area contributed by atoms with Gasteiger partial charge in [-0.25, -0.2) is 4.98 Å². The number of nitrogens with zero attached hydrogens (tertiary/aromatic N) is 3. The second kappa shape index (κ2) is 7.75. The van der Waals surface area contributed by atoms with Gasteiger partial charge in [-0.3, -0.25) is 0 Å². The minimum atomic E-state index is 0.613. The van der Waals surface area contributed by atoms with E-state index >= 15 is 0 Å². The minimum Gasteiger partial charge on any atom is -0.382 e. The van der Waals surface area contributed by atoms with E-state index in [1.807, 2.05) is 6.92 Å². The maximum Gasteiger partial charge on any atom is 0.149 e. The van der Waals surface area contributed by atoms with E-state index in [-0.39, 0.29) is 0 Å². The number of aromatic nitrogens is 2. The summed E-state index contributed by atoms with van der Waals surface area (Å²) < 4.78 is 4.38. The van der Waals surface area contributed by atoms with E-state index in [1.165, 1.54) is 42.2 Å². The quantitative estimate of drug-likeness (QED) is 0.773. The molecule has 0 bridgehead atoms. The average molecular weight is 325 g/mol. The standard InChI is InChI=1S/C15H24N4S2/c1-4-6-8-19(9-7-5-2)15-12(13(16)18-21-15)14-17-11(3)10-20-14/h10H,4-9H2,1-3H3,(H2,16,18). The van der Waals surface area contributed by atoms with Gasteiger partial charge < -0.3 is 10.6 Å². The molecule has 0 aliphatic carbocycles. The average Bonchev–Trinajstić information content (AvgIpc) is 3.05. The van der Waals surface area contributed by atoms with Gasteiger partial charge in [0.1, 0.15) is 15.8 Å². The summed E-state index contributed by atoms with van der Waals surface area (Å²) in [5, 5.41) is 4.24. The Morgan fingerprint density at radius 1 is 1.19 bits per heavy atom. The van der Waals surface area contributed by atoms with Crippen molar-refractivity contribution in [2.24, 2.45) is 0 Å². The highest BCUT2D eigenvalue weighted by Gasteiger charge is 2.21. The van der Waals surface area contributed by atoms with Crippen LogP contribution in [0.1, 0.15) is 45.2 Å². The summed E-state index contributed by atoms with van der Waals surface area (Å²) in [6.07, 6.45) is 4.78. The van der Waals surface area contributed by atoms with E-state index in [4.69, 9.17) is 5.73 Å². The Morgan fingerprint density at radius 3 is 2.38 bits per heavy atom. The molecule has 6 heteroatoms. The molecule has 0 spiro atoms. The van der Waals surface area contributed by atoms with Crippen LogP contribution in [0.5, 0.6) is 0 Å². The lowest BCUT2D eigenvalue weighted by Crippen LogP contribution is -2.25. The summed E-state index contributed by atoms with van der Waals surface area (Å²) in [7, 11) is 0. The largest absolute Gasteiger partial charge is 0.382 e. The molecule has 0 radical (unpaired) electrons. The van der Waals surface area contributed by atoms with Crippen molar-refractivity contribution < 1.29 is 0 Å². The van der Waals surface area contributed by atoms with Crippen LogP contribution >= 0.6 is 22.9 Å². The molecule has 2 N–H and O–H groups in total. The molecule has 0 amide bonds. The molecule has 2 heterocycles. The van der Waals surface area contributed by atoms with Gasteiger partial charge in [0, 0.05) is 24.2 Å². The highest BCUT2D eigenvalue weighted by atomic mass is 32.1. The van der Waals surface area contributed by atoms with E-state index in [2.05, 4.69) is 33.5 Å². The summed E-state index contributed by atoms with van der Waals surface area (Å²) in [4.78, 5) is 7.03. The van der Waals surface area contributed by atoms with Crippen LogP contribution in [0.25, 0.3) is 10.6 Å². The third-order valence-corrected chi connectivity index (χ3v) is 5.28. The Hall–Kier alpha value is -1.14. The minimum absolute atomic E-state index is 0.613. The van der Waals surface area contributed by atoms with Crippen molar-refractivity contribution in [1.29, 1.82) is 0 Å². The highest BCUT2D eigenvalue weighted by Crippen LogP contribution is 2.40. The Morgan fingerprint density at radius 2 is 1.86 bits per heavy atom. The molecule has 0 saturated heterocycles. The van der Waals surface area contributed by atoms with Crippen LogP contribution in [0.15, 0.2) is 5.38 Å². The van der Waals surface area contributed by atoms with Crippen LogP contribution < -0.4 is 10.6 Å². The number of hydrogen-bond donors (Lipinski definition) is 1. The van der Waals surface area contributed by atoms with Gasteiger partial charge in [0.2, 0.25) is 0 Å². The maximum atomic E-state index is 6.12. The van der Waals surface area contributed by atoms with E-state index in [1.54, 1.807) is 11.3 Å². The van der Waals surface area contributed by atoms with Crippen LogP contribution in [-0.4, -0.2) is 22.4 Å². The predicted molar refractivity (Wildman–Crippen MR) is 94.4 cm³/mol. The number of rotatable bonds is 8. The molecule has 0 unspecified atom stereocenters. The third kappa shape index (κ3) is 3.95. The lowest BCUT2D eigenvalue weighted by molar-refractivity contribution is 0.682. The number of aryl methyl sites for hydroxylation is 1. The van der Waals surface area contributed by atoms with Crippen molar-refractivity contribution in [2.45, 2.75) is 46.5 Å². The zero-order valence-corrected chi connectivity index (χ0v) is 14.7. The van der Waals surface area contributed by atoms with Crippen molar-refractivity contribution in [3.63, 3.8) is 0 Å². The lowest BCUT2D eigenvalue weighted by atomic mass is 10.2. The van der Waals surface area contributed by atoms with Crippen molar-refractivity contribution in [3.8, 4) is 10.6 Å². The van der Waals surface area contributed by atoms with Crippen LogP contribution in [-0.2, 0) is 0 Å². The molecule has 0 aliphatic heterocycles. The lowest BCUT2D eigenvalue weighted by Gasteiger charge is -2.23. The Balaban J connectivity index is 2.31. The van der Waals surface area contributed by atoms with Gasteiger partial charge in [-0.05, 0) is 31.3 Å². The first-order valence-electron chi connectivity index (χ1n) is 7.59. The summed E-state index contributed by atoms with van der Waals surface area (Å²) in [5.41, 5.74) is 8.19. The van der Waals surface area contributed by atoms with E-state index in [9.17, 15) is 0 Å². The first kappa shape index (κ1) is 16.2. The summed E-state index contributed by atoms with van der Waals surface area (Å²) in [6.45, 7) is 8.60. The van der Waals surface area contributed by atoms with E-state index in [0.29, 0.717) is 5.82 Å². The molecule has 0 aromatic carbocycles. The van der Waals surface area contributed by atoms with Crippen molar-refractivity contribution >= 4 is 33.7 Å². The van der Waals surface area contributed by atoms with E-state index in [0.717, 1.165) is 29.4 Å². The van der Waals surface area contributed by atoms with Gasteiger partial charge >= 0.3 is 0 Å². The van der Waals surface area contributed by atoms with Crippen molar-refractivity contribution in [3.05, 3.63) is 11.1 Å². The monoisotopic (exact) mass is 324 g/mol. The fourth-order valence-corrected chi connectivity index (χ4v) is 3.97. The number of anilines is 2. The maximum absolute atomic E-state index is 6.12. The van der Waals surface area contributed by atoms with Crippen molar-refractivity contribution in [2.75, 3.05) is 23.7 Å². The van der Waals surface area contributed by atoms with Gasteiger partial charge in [0.05, 0.1) is 5.56 Å². The molecular weight excluding hydrogens is 300 g/mol. The number of nitrogen functional groups attached to an aromatic ring is 1. The second-order valence-corrected chi connectivity index (χ2v) is 6.85. The number of nitrogens with two attached hydrogens (primary N) is 1. The Bertz CT molecular complexity index is 554. The molecule has 0 atom stereocenters. The Labute approximate surface area is 135 Å². The molecule has 0 saturated carbocycles. The van der Waals surface area contributed by atoms with Gasteiger partial charge in [0.15, 0.2) is 0 Å². The zero-order valence-electron chi connectivity index (χ0n) is 13.1. The number of unbranched alkanes of at least 4 members (excludes halogenated alkanes) is 2. The third-order valence-electron chi connectivity index (χ3n) is 3.38. The number of thiazole rings is 1. The SMILES string of the molecule is CCCCN(CCCC)c1snc(N)c1-c1nc(C)cs1. The fraction of sp³-hybridized carbons (Fsp3) is 0.600.